The Morgan fingerprint density at radius 1 is 1.64 bits per heavy atom. The molecule has 0 aliphatic carbocycles. The van der Waals surface area contributed by atoms with Crippen LogP contribution in [0.25, 0.3) is 6.08 Å². The maximum Gasteiger partial charge on any atom is 0.239 e. The van der Waals surface area contributed by atoms with Gasteiger partial charge < -0.3 is 4.42 Å². The van der Waals surface area contributed by atoms with Gasteiger partial charge in [0.15, 0.2) is 0 Å². The van der Waals surface area contributed by atoms with Gasteiger partial charge in [-0.3, -0.25) is 0 Å². The molecule has 1 aromatic heterocycles. The molecule has 1 unspecified atom stereocenters. The minimum absolute atomic E-state index is 0.344. The lowest BCUT2D eigenvalue weighted by molar-refractivity contribution is 0.446. The van der Waals surface area contributed by atoms with Gasteiger partial charge in [0.25, 0.3) is 0 Å². The summed E-state index contributed by atoms with van der Waals surface area (Å²) < 4.78 is 5.25. The van der Waals surface area contributed by atoms with Crippen molar-refractivity contribution < 1.29 is 4.42 Å². The molecule has 0 fully saturated rings. The van der Waals surface area contributed by atoms with Crippen molar-refractivity contribution in [1.82, 2.24) is 10.2 Å². The molecule has 0 radical (unpaired) electrons. The Kier molecular flexibility index (Phi) is 2.41. The Balaban J connectivity index is 2.79. The molecular weight excluding hydrogens is 140 g/mol. The third-order valence-corrected chi connectivity index (χ3v) is 1.66. The van der Waals surface area contributed by atoms with Gasteiger partial charge in [0.1, 0.15) is 0 Å². The van der Waals surface area contributed by atoms with Crippen LogP contribution in [-0.2, 0) is 0 Å². The summed E-state index contributed by atoms with van der Waals surface area (Å²) in [6.07, 6.45) is 2.57. The number of rotatable bonds is 3. The topological polar surface area (TPSA) is 38.9 Å². The minimum atomic E-state index is 0.344. The van der Waals surface area contributed by atoms with Crippen molar-refractivity contribution in [2.75, 3.05) is 0 Å². The first-order valence-corrected chi connectivity index (χ1v) is 3.73. The van der Waals surface area contributed by atoms with Crippen molar-refractivity contribution in [2.24, 2.45) is 0 Å². The van der Waals surface area contributed by atoms with Crippen LogP contribution in [0, 0.1) is 0 Å². The second kappa shape index (κ2) is 3.32. The van der Waals surface area contributed by atoms with Crippen LogP contribution in [0.15, 0.2) is 11.0 Å². The molecule has 0 aliphatic rings. The quantitative estimate of drug-likeness (QED) is 0.666. The second-order valence-corrected chi connectivity index (χ2v) is 2.49. The van der Waals surface area contributed by atoms with E-state index in [0.717, 1.165) is 6.42 Å². The number of hydrogen-bond acceptors (Lipinski definition) is 3. The predicted molar refractivity (Wildman–Crippen MR) is 43.1 cm³/mol. The van der Waals surface area contributed by atoms with Crippen LogP contribution in [0.1, 0.15) is 38.0 Å². The molecule has 0 aromatic carbocycles. The van der Waals surface area contributed by atoms with Crippen LogP contribution in [0.5, 0.6) is 0 Å². The van der Waals surface area contributed by atoms with Gasteiger partial charge >= 0.3 is 0 Å². The molecule has 60 valence electrons. The lowest BCUT2D eigenvalue weighted by Crippen LogP contribution is -1.90. The van der Waals surface area contributed by atoms with E-state index in [1.807, 2.05) is 0 Å². The predicted octanol–water partition coefficient (Wildman–Crippen LogP) is 2.23. The van der Waals surface area contributed by atoms with Crippen molar-refractivity contribution in [1.29, 1.82) is 0 Å². The van der Waals surface area contributed by atoms with Gasteiger partial charge in [0.2, 0.25) is 11.8 Å². The van der Waals surface area contributed by atoms with E-state index < -0.39 is 0 Å². The molecule has 0 spiro atoms. The summed E-state index contributed by atoms with van der Waals surface area (Å²) in [5.74, 6) is 1.54. The highest BCUT2D eigenvalue weighted by Gasteiger charge is 2.09. The maximum atomic E-state index is 5.25. The fraction of sp³-hybridized carbons (Fsp3) is 0.500. The molecule has 0 bridgehead atoms. The molecule has 0 N–H and O–H groups in total. The molecule has 0 aliphatic heterocycles. The number of nitrogens with zero attached hydrogens (tertiary/aromatic N) is 2. The number of hydrogen-bond donors (Lipinski definition) is 0. The summed E-state index contributed by atoms with van der Waals surface area (Å²) in [6, 6.07) is 0. The fourth-order valence-corrected chi connectivity index (χ4v) is 0.703. The zero-order valence-corrected chi connectivity index (χ0v) is 6.87. The monoisotopic (exact) mass is 152 g/mol. The first-order chi connectivity index (χ1) is 5.27. The zero-order chi connectivity index (χ0) is 8.27. The Labute approximate surface area is 66.1 Å². The Morgan fingerprint density at radius 2 is 2.36 bits per heavy atom. The zero-order valence-electron chi connectivity index (χ0n) is 6.87. The van der Waals surface area contributed by atoms with Crippen molar-refractivity contribution in [3.8, 4) is 0 Å². The molecule has 1 aromatic rings. The van der Waals surface area contributed by atoms with E-state index in [9.17, 15) is 0 Å². The summed E-state index contributed by atoms with van der Waals surface area (Å²) in [7, 11) is 0. The van der Waals surface area contributed by atoms with Crippen molar-refractivity contribution >= 4 is 6.08 Å². The van der Waals surface area contributed by atoms with Crippen LogP contribution >= 0.6 is 0 Å². The first-order valence-electron chi connectivity index (χ1n) is 3.73. The smallest absolute Gasteiger partial charge is 0.239 e. The fourth-order valence-electron chi connectivity index (χ4n) is 0.703. The molecule has 3 heteroatoms. The van der Waals surface area contributed by atoms with Crippen LogP contribution in [0.3, 0.4) is 0 Å². The molecule has 1 atom stereocenters. The molecule has 0 saturated carbocycles. The summed E-state index contributed by atoms with van der Waals surface area (Å²) in [6.45, 7) is 7.67. The molecule has 0 amide bonds. The minimum Gasteiger partial charge on any atom is -0.421 e. The highest BCUT2D eigenvalue weighted by atomic mass is 16.4. The van der Waals surface area contributed by atoms with Crippen LogP contribution in [0.2, 0.25) is 0 Å². The average molecular weight is 152 g/mol. The first kappa shape index (κ1) is 7.98. The van der Waals surface area contributed by atoms with E-state index in [-0.39, 0.29) is 0 Å². The van der Waals surface area contributed by atoms with Gasteiger partial charge in [-0.1, -0.05) is 20.4 Å². The Bertz CT molecular complexity index is 242. The van der Waals surface area contributed by atoms with Gasteiger partial charge in [-0.05, 0) is 12.5 Å². The second-order valence-electron chi connectivity index (χ2n) is 2.49. The molecule has 3 nitrogen and oxygen atoms in total. The van der Waals surface area contributed by atoms with Gasteiger partial charge in [-0.2, -0.15) is 0 Å². The van der Waals surface area contributed by atoms with Crippen molar-refractivity contribution in [2.45, 2.75) is 26.2 Å². The summed E-state index contributed by atoms with van der Waals surface area (Å²) >= 11 is 0. The molecule has 1 rings (SSSR count). The highest BCUT2D eigenvalue weighted by Crippen LogP contribution is 2.16. The van der Waals surface area contributed by atoms with Crippen molar-refractivity contribution in [3.05, 3.63) is 18.4 Å². The maximum absolute atomic E-state index is 5.25. The Hall–Kier alpha value is -1.12. The summed E-state index contributed by atoms with van der Waals surface area (Å²) in [4.78, 5) is 0. The van der Waals surface area contributed by atoms with E-state index in [2.05, 4.69) is 30.6 Å². The highest BCUT2D eigenvalue weighted by molar-refractivity contribution is 5.32. The van der Waals surface area contributed by atoms with E-state index in [4.69, 9.17) is 4.42 Å². The lowest BCUT2D eigenvalue weighted by atomic mass is 10.1. The Morgan fingerprint density at radius 3 is 2.82 bits per heavy atom. The van der Waals surface area contributed by atoms with E-state index in [1.54, 1.807) is 6.08 Å². The van der Waals surface area contributed by atoms with E-state index in [0.29, 0.717) is 17.7 Å². The normalized spacial score (nSPS) is 12.9. The van der Waals surface area contributed by atoms with Crippen LogP contribution in [0.4, 0.5) is 0 Å². The average Bonchev–Trinajstić information content (AvgIpc) is 2.50. The lowest BCUT2D eigenvalue weighted by Gasteiger charge is -1.98. The number of aromatic nitrogens is 2. The van der Waals surface area contributed by atoms with E-state index >= 15 is 0 Å². The molecule has 11 heavy (non-hydrogen) atoms. The third kappa shape index (κ3) is 1.67. The van der Waals surface area contributed by atoms with Gasteiger partial charge in [0.05, 0.1) is 0 Å². The third-order valence-electron chi connectivity index (χ3n) is 1.66. The van der Waals surface area contributed by atoms with Crippen LogP contribution in [-0.4, -0.2) is 10.2 Å². The van der Waals surface area contributed by atoms with Gasteiger partial charge in [-0.25, -0.2) is 0 Å². The summed E-state index contributed by atoms with van der Waals surface area (Å²) in [5, 5.41) is 7.64. The van der Waals surface area contributed by atoms with Crippen molar-refractivity contribution in [3.63, 3.8) is 0 Å². The molecule has 0 saturated heterocycles. The molecular formula is C8H12N2O. The van der Waals surface area contributed by atoms with Crippen LogP contribution < -0.4 is 0 Å². The van der Waals surface area contributed by atoms with Gasteiger partial charge in [0, 0.05) is 5.92 Å². The SMILES string of the molecule is C=Cc1nnc(C(C)CC)o1. The van der Waals surface area contributed by atoms with E-state index in [1.165, 1.54) is 0 Å². The largest absolute Gasteiger partial charge is 0.421 e. The molecule has 1 heterocycles. The standard InChI is InChI=1S/C8H12N2O/c1-4-6(3)8-10-9-7(5-2)11-8/h5-6H,2,4H2,1,3H3. The summed E-state index contributed by atoms with van der Waals surface area (Å²) in [5.41, 5.74) is 0. The van der Waals surface area contributed by atoms with Gasteiger partial charge in [-0.15, -0.1) is 10.2 Å².